The maximum absolute atomic E-state index is 3.30. The molecule has 1 heteroatoms. The summed E-state index contributed by atoms with van der Waals surface area (Å²) in [6.07, 6.45) is 2.68. The largest absolute Gasteiger partial charge is 0.289 e. The van der Waals surface area contributed by atoms with Crippen molar-refractivity contribution in [2.75, 3.05) is 13.1 Å². The third-order valence-corrected chi connectivity index (χ3v) is 3.54. The number of nitrogens with zero attached hydrogens (tertiary/aromatic N) is 1. The Bertz CT molecular complexity index is 399. The standard InChI is InChI=1S/C16H21N/c1-14-10-11-15(2)17(13-14)12-6-9-16-7-4-3-5-8-16/h3-5,7-8,14-15H,10-13H2,1-2H3/t14-,15-/m1/s1. The number of benzene rings is 1. The van der Waals surface area contributed by atoms with Gasteiger partial charge in [0.25, 0.3) is 0 Å². The first kappa shape index (κ1) is 12.2. The van der Waals surface area contributed by atoms with Crippen LogP contribution in [0.1, 0.15) is 32.3 Å². The van der Waals surface area contributed by atoms with Gasteiger partial charge in [-0.1, -0.05) is 37.0 Å². The van der Waals surface area contributed by atoms with Gasteiger partial charge in [0, 0.05) is 18.2 Å². The van der Waals surface area contributed by atoms with E-state index < -0.39 is 0 Å². The van der Waals surface area contributed by atoms with Crippen molar-refractivity contribution >= 4 is 0 Å². The monoisotopic (exact) mass is 227 g/mol. The Kier molecular flexibility index (Phi) is 4.23. The molecule has 1 aromatic carbocycles. The number of piperidine rings is 1. The zero-order valence-corrected chi connectivity index (χ0v) is 10.8. The Labute approximate surface area is 105 Å². The lowest BCUT2D eigenvalue weighted by atomic mass is 9.95. The van der Waals surface area contributed by atoms with Gasteiger partial charge in [-0.15, -0.1) is 0 Å². The minimum Gasteiger partial charge on any atom is -0.289 e. The van der Waals surface area contributed by atoms with Crippen molar-refractivity contribution in [2.24, 2.45) is 5.92 Å². The first-order chi connectivity index (χ1) is 8.25. The Balaban J connectivity index is 1.91. The topological polar surface area (TPSA) is 3.24 Å². The number of likely N-dealkylation sites (tertiary alicyclic amines) is 1. The molecule has 1 heterocycles. The van der Waals surface area contributed by atoms with Gasteiger partial charge >= 0.3 is 0 Å². The maximum atomic E-state index is 3.30. The highest BCUT2D eigenvalue weighted by molar-refractivity contribution is 5.33. The van der Waals surface area contributed by atoms with Crippen LogP contribution in [0.3, 0.4) is 0 Å². The average Bonchev–Trinajstić information content (AvgIpc) is 2.35. The molecule has 17 heavy (non-hydrogen) atoms. The summed E-state index contributed by atoms with van der Waals surface area (Å²) >= 11 is 0. The molecule has 0 spiro atoms. The van der Waals surface area contributed by atoms with Gasteiger partial charge in [0.1, 0.15) is 0 Å². The fraction of sp³-hybridized carbons (Fsp3) is 0.500. The summed E-state index contributed by atoms with van der Waals surface area (Å²) < 4.78 is 0. The Morgan fingerprint density at radius 2 is 1.94 bits per heavy atom. The normalized spacial score (nSPS) is 25.1. The summed E-state index contributed by atoms with van der Waals surface area (Å²) in [4.78, 5) is 2.50. The second-order valence-electron chi connectivity index (χ2n) is 5.13. The van der Waals surface area contributed by atoms with Crippen molar-refractivity contribution in [1.82, 2.24) is 4.90 Å². The zero-order chi connectivity index (χ0) is 12.1. The molecule has 1 aromatic rings. The molecule has 2 rings (SSSR count). The van der Waals surface area contributed by atoms with Crippen LogP contribution >= 0.6 is 0 Å². The highest BCUT2D eigenvalue weighted by atomic mass is 15.2. The van der Waals surface area contributed by atoms with Crippen LogP contribution in [0.5, 0.6) is 0 Å². The SMILES string of the molecule is C[C@@H]1CC[C@@H](C)N(CC#Cc2ccccc2)C1. The summed E-state index contributed by atoms with van der Waals surface area (Å²) in [5.41, 5.74) is 1.12. The molecule has 1 fully saturated rings. The van der Waals surface area contributed by atoms with Gasteiger partial charge in [-0.25, -0.2) is 0 Å². The van der Waals surface area contributed by atoms with Crippen LogP contribution in [0.4, 0.5) is 0 Å². The van der Waals surface area contributed by atoms with Crippen LogP contribution in [-0.2, 0) is 0 Å². The molecule has 1 nitrogen and oxygen atoms in total. The molecule has 0 saturated carbocycles. The second kappa shape index (κ2) is 5.89. The average molecular weight is 227 g/mol. The molecule has 0 radical (unpaired) electrons. The Morgan fingerprint density at radius 3 is 2.71 bits per heavy atom. The van der Waals surface area contributed by atoms with E-state index in [1.54, 1.807) is 0 Å². The van der Waals surface area contributed by atoms with E-state index in [-0.39, 0.29) is 0 Å². The van der Waals surface area contributed by atoms with Crippen LogP contribution in [0.2, 0.25) is 0 Å². The lowest BCUT2D eigenvalue weighted by Crippen LogP contribution is -2.41. The van der Waals surface area contributed by atoms with E-state index in [0.29, 0.717) is 6.04 Å². The molecule has 0 unspecified atom stereocenters. The Morgan fingerprint density at radius 1 is 1.18 bits per heavy atom. The molecular weight excluding hydrogens is 206 g/mol. The van der Waals surface area contributed by atoms with E-state index >= 15 is 0 Å². The molecule has 1 aliphatic heterocycles. The van der Waals surface area contributed by atoms with Crippen LogP contribution in [0.25, 0.3) is 0 Å². The maximum Gasteiger partial charge on any atom is 0.0607 e. The highest BCUT2D eigenvalue weighted by Gasteiger charge is 2.21. The van der Waals surface area contributed by atoms with Gasteiger partial charge in [-0.3, -0.25) is 4.90 Å². The van der Waals surface area contributed by atoms with Crippen molar-refractivity contribution < 1.29 is 0 Å². The summed E-state index contributed by atoms with van der Waals surface area (Å²) in [7, 11) is 0. The number of hydrogen-bond donors (Lipinski definition) is 0. The van der Waals surface area contributed by atoms with Gasteiger partial charge in [-0.05, 0) is 37.8 Å². The van der Waals surface area contributed by atoms with E-state index in [9.17, 15) is 0 Å². The molecule has 2 atom stereocenters. The Hall–Kier alpha value is -1.26. The number of rotatable bonds is 1. The van der Waals surface area contributed by atoms with Gasteiger partial charge in [0.05, 0.1) is 6.54 Å². The van der Waals surface area contributed by atoms with E-state index in [2.05, 4.69) is 42.7 Å². The van der Waals surface area contributed by atoms with Crippen LogP contribution in [-0.4, -0.2) is 24.0 Å². The second-order valence-corrected chi connectivity index (χ2v) is 5.13. The first-order valence-electron chi connectivity index (χ1n) is 6.53. The van der Waals surface area contributed by atoms with Crippen molar-refractivity contribution in [3.05, 3.63) is 35.9 Å². The predicted octanol–water partition coefficient (Wildman–Crippen LogP) is 3.16. The van der Waals surface area contributed by atoms with E-state index in [4.69, 9.17) is 0 Å². The summed E-state index contributed by atoms with van der Waals surface area (Å²) in [5.74, 6) is 7.36. The van der Waals surface area contributed by atoms with Gasteiger partial charge in [0.2, 0.25) is 0 Å². The van der Waals surface area contributed by atoms with E-state index in [0.717, 1.165) is 18.0 Å². The molecule has 0 aromatic heterocycles. The number of hydrogen-bond acceptors (Lipinski definition) is 1. The van der Waals surface area contributed by atoms with Crippen LogP contribution in [0, 0.1) is 17.8 Å². The lowest BCUT2D eigenvalue weighted by molar-refractivity contribution is 0.142. The fourth-order valence-electron chi connectivity index (χ4n) is 2.36. The van der Waals surface area contributed by atoms with Crippen molar-refractivity contribution in [1.29, 1.82) is 0 Å². The smallest absolute Gasteiger partial charge is 0.0607 e. The molecule has 0 N–H and O–H groups in total. The molecular formula is C16H21N. The fourth-order valence-corrected chi connectivity index (χ4v) is 2.36. The summed E-state index contributed by atoms with van der Waals surface area (Å²) in [6, 6.07) is 10.9. The summed E-state index contributed by atoms with van der Waals surface area (Å²) in [6.45, 7) is 6.75. The minimum absolute atomic E-state index is 0.691. The van der Waals surface area contributed by atoms with E-state index in [1.807, 2.05) is 18.2 Å². The molecule has 0 aliphatic carbocycles. The van der Waals surface area contributed by atoms with Crippen molar-refractivity contribution in [3.63, 3.8) is 0 Å². The van der Waals surface area contributed by atoms with Gasteiger partial charge in [0.15, 0.2) is 0 Å². The molecule has 90 valence electrons. The molecule has 0 bridgehead atoms. The molecule has 1 aliphatic rings. The quantitative estimate of drug-likeness (QED) is 0.666. The molecule has 0 amide bonds. The minimum atomic E-state index is 0.691. The van der Waals surface area contributed by atoms with Gasteiger partial charge < -0.3 is 0 Å². The summed E-state index contributed by atoms with van der Waals surface area (Å²) in [5, 5.41) is 0. The van der Waals surface area contributed by atoms with E-state index in [1.165, 1.54) is 19.4 Å². The van der Waals surface area contributed by atoms with Gasteiger partial charge in [-0.2, -0.15) is 0 Å². The predicted molar refractivity (Wildman–Crippen MR) is 72.8 cm³/mol. The lowest BCUT2D eigenvalue weighted by Gasteiger charge is -2.35. The van der Waals surface area contributed by atoms with Crippen molar-refractivity contribution in [2.45, 2.75) is 32.7 Å². The first-order valence-corrected chi connectivity index (χ1v) is 6.53. The highest BCUT2D eigenvalue weighted by Crippen LogP contribution is 2.20. The third-order valence-electron chi connectivity index (χ3n) is 3.54. The van der Waals surface area contributed by atoms with Crippen LogP contribution in [0.15, 0.2) is 30.3 Å². The van der Waals surface area contributed by atoms with Crippen molar-refractivity contribution in [3.8, 4) is 11.8 Å². The molecule has 1 saturated heterocycles. The van der Waals surface area contributed by atoms with Crippen LogP contribution < -0.4 is 0 Å². The third kappa shape index (κ3) is 3.61. The zero-order valence-electron chi connectivity index (χ0n) is 10.8.